The van der Waals surface area contributed by atoms with Crippen molar-refractivity contribution in [3.05, 3.63) is 59.2 Å². The van der Waals surface area contributed by atoms with E-state index in [4.69, 9.17) is 10.3 Å². The van der Waals surface area contributed by atoms with Crippen molar-refractivity contribution in [1.29, 1.82) is 0 Å². The van der Waals surface area contributed by atoms with Gasteiger partial charge in [-0.15, -0.1) is 0 Å². The molecule has 3 nitrogen and oxygen atoms in total. The van der Waals surface area contributed by atoms with Gasteiger partial charge in [0.05, 0.1) is 5.56 Å². The molecule has 3 rings (SSSR count). The average Bonchev–Trinajstić information content (AvgIpc) is 2.84. The van der Waals surface area contributed by atoms with Crippen LogP contribution in [0.1, 0.15) is 16.7 Å². The first-order valence-corrected chi connectivity index (χ1v) is 6.96. The lowest BCUT2D eigenvalue weighted by molar-refractivity contribution is 0.439. The summed E-state index contributed by atoms with van der Waals surface area (Å²) in [6.45, 7) is 6.20. The van der Waals surface area contributed by atoms with E-state index in [-0.39, 0.29) is 0 Å². The maximum absolute atomic E-state index is 6.01. The minimum atomic E-state index is 0.356. The van der Waals surface area contributed by atoms with Crippen LogP contribution in [0.5, 0.6) is 0 Å². The van der Waals surface area contributed by atoms with Crippen LogP contribution in [-0.2, 0) is 0 Å². The third kappa shape index (κ3) is 2.42. The summed E-state index contributed by atoms with van der Waals surface area (Å²) in [4.78, 5) is 0. The third-order valence-electron chi connectivity index (χ3n) is 3.71. The molecule has 0 saturated heterocycles. The summed E-state index contributed by atoms with van der Waals surface area (Å²) in [5, 5.41) is 4.19. The maximum Gasteiger partial charge on any atom is 0.230 e. The van der Waals surface area contributed by atoms with E-state index in [1.54, 1.807) is 0 Å². The number of anilines is 1. The quantitative estimate of drug-likeness (QED) is 0.750. The van der Waals surface area contributed by atoms with E-state index in [9.17, 15) is 0 Å². The Morgan fingerprint density at radius 2 is 1.57 bits per heavy atom. The predicted octanol–water partition coefficient (Wildman–Crippen LogP) is 4.52. The molecule has 0 atom stereocenters. The molecule has 0 saturated carbocycles. The lowest BCUT2D eigenvalue weighted by Crippen LogP contribution is -1.90. The van der Waals surface area contributed by atoms with Gasteiger partial charge in [-0.3, -0.25) is 0 Å². The molecule has 0 aliphatic carbocycles. The van der Waals surface area contributed by atoms with Gasteiger partial charge in [0.15, 0.2) is 0 Å². The monoisotopic (exact) mass is 278 g/mol. The van der Waals surface area contributed by atoms with Crippen molar-refractivity contribution in [3.63, 3.8) is 0 Å². The van der Waals surface area contributed by atoms with Crippen molar-refractivity contribution < 1.29 is 4.52 Å². The van der Waals surface area contributed by atoms with E-state index in [0.29, 0.717) is 5.88 Å². The summed E-state index contributed by atoms with van der Waals surface area (Å²) in [7, 11) is 0. The topological polar surface area (TPSA) is 52.0 Å². The molecule has 0 fully saturated rings. The van der Waals surface area contributed by atoms with Gasteiger partial charge < -0.3 is 10.3 Å². The summed E-state index contributed by atoms with van der Waals surface area (Å²) >= 11 is 0. The molecule has 0 aliphatic rings. The van der Waals surface area contributed by atoms with Gasteiger partial charge in [-0.2, -0.15) is 0 Å². The van der Waals surface area contributed by atoms with E-state index < -0.39 is 0 Å². The molecule has 3 aromatic rings. The molecule has 1 aromatic heterocycles. The molecule has 106 valence electrons. The van der Waals surface area contributed by atoms with Crippen molar-refractivity contribution in [1.82, 2.24) is 5.16 Å². The molecule has 2 N–H and O–H groups in total. The zero-order chi connectivity index (χ0) is 15.0. The fraction of sp³-hybridized carbons (Fsp3) is 0.167. The number of aromatic nitrogens is 1. The van der Waals surface area contributed by atoms with Crippen molar-refractivity contribution in [2.45, 2.75) is 20.8 Å². The van der Waals surface area contributed by atoms with Crippen molar-refractivity contribution in [3.8, 4) is 22.4 Å². The Balaban J connectivity index is 2.21. The predicted molar refractivity (Wildman–Crippen MR) is 86.0 cm³/mol. The minimum Gasteiger partial charge on any atom is -0.367 e. The van der Waals surface area contributed by atoms with Crippen LogP contribution < -0.4 is 5.73 Å². The molecule has 3 heteroatoms. The fourth-order valence-corrected chi connectivity index (χ4v) is 2.48. The Kier molecular flexibility index (Phi) is 3.26. The summed E-state index contributed by atoms with van der Waals surface area (Å²) in [5.41, 5.74) is 13.3. The maximum atomic E-state index is 6.01. The molecule has 0 aliphatic heterocycles. The number of rotatable bonds is 2. The van der Waals surface area contributed by atoms with Gasteiger partial charge in [0, 0.05) is 5.56 Å². The Labute approximate surface area is 124 Å². The second-order valence-electron chi connectivity index (χ2n) is 5.45. The van der Waals surface area contributed by atoms with Crippen LogP contribution in [0.25, 0.3) is 22.4 Å². The SMILES string of the molecule is Cc1ccc(-c2c(-c3cc(C)ccc3C)noc2N)cc1. The van der Waals surface area contributed by atoms with Gasteiger partial charge in [-0.1, -0.05) is 52.7 Å². The van der Waals surface area contributed by atoms with Gasteiger partial charge in [0.2, 0.25) is 5.88 Å². The number of nitrogens with two attached hydrogens (primary N) is 1. The van der Waals surface area contributed by atoms with E-state index in [2.05, 4.69) is 56.3 Å². The number of aryl methyl sites for hydroxylation is 3. The molecule has 0 radical (unpaired) electrons. The largest absolute Gasteiger partial charge is 0.367 e. The van der Waals surface area contributed by atoms with Crippen LogP contribution >= 0.6 is 0 Å². The van der Waals surface area contributed by atoms with E-state index >= 15 is 0 Å². The normalized spacial score (nSPS) is 10.8. The average molecular weight is 278 g/mol. The van der Waals surface area contributed by atoms with E-state index in [1.165, 1.54) is 11.1 Å². The molecule has 21 heavy (non-hydrogen) atoms. The molecule has 2 aromatic carbocycles. The molecule has 0 spiro atoms. The Bertz CT molecular complexity index is 785. The lowest BCUT2D eigenvalue weighted by Gasteiger charge is -2.07. The molecule has 1 heterocycles. The van der Waals surface area contributed by atoms with Gasteiger partial charge >= 0.3 is 0 Å². The minimum absolute atomic E-state index is 0.356. The highest BCUT2D eigenvalue weighted by Gasteiger charge is 2.18. The Morgan fingerprint density at radius 3 is 2.29 bits per heavy atom. The van der Waals surface area contributed by atoms with Gasteiger partial charge in [-0.05, 0) is 38.0 Å². The summed E-state index contributed by atoms with van der Waals surface area (Å²) in [5.74, 6) is 0.356. The summed E-state index contributed by atoms with van der Waals surface area (Å²) in [6, 6.07) is 14.5. The molecular formula is C18H18N2O. The Hall–Kier alpha value is -2.55. The van der Waals surface area contributed by atoms with Gasteiger partial charge in [-0.25, -0.2) is 0 Å². The van der Waals surface area contributed by atoms with Crippen LogP contribution in [-0.4, -0.2) is 5.16 Å². The van der Waals surface area contributed by atoms with Gasteiger partial charge in [0.25, 0.3) is 0 Å². The molecule has 0 amide bonds. The zero-order valence-electron chi connectivity index (χ0n) is 12.5. The summed E-state index contributed by atoms with van der Waals surface area (Å²) < 4.78 is 5.26. The molecular weight excluding hydrogens is 260 g/mol. The van der Waals surface area contributed by atoms with Gasteiger partial charge in [0.1, 0.15) is 5.69 Å². The van der Waals surface area contributed by atoms with Crippen LogP contribution in [0.3, 0.4) is 0 Å². The fourth-order valence-electron chi connectivity index (χ4n) is 2.48. The first-order chi connectivity index (χ1) is 10.1. The second kappa shape index (κ2) is 5.09. The van der Waals surface area contributed by atoms with Crippen LogP contribution in [0.4, 0.5) is 5.88 Å². The van der Waals surface area contributed by atoms with Crippen LogP contribution in [0.2, 0.25) is 0 Å². The Morgan fingerprint density at radius 1 is 0.905 bits per heavy atom. The van der Waals surface area contributed by atoms with Crippen molar-refractivity contribution >= 4 is 5.88 Å². The van der Waals surface area contributed by atoms with Crippen molar-refractivity contribution in [2.75, 3.05) is 5.73 Å². The standard InChI is InChI=1S/C18H18N2O/c1-11-5-8-14(9-6-11)16-17(20-21-18(16)19)15-10-12(2)4-7-13(15)3/h4-10H,19H2,1-3H3. The highest BCUT2D eigenvalue weighted by molar-refractivity contribution is 5.87. The lowest BCUT2D eigenvalue weighted by atomic mass is 9.96. The summed E-state index contributed by atoms with van der Waals surface area (Å²) in [6.07, 6.45) is 0. The van der Waals surface area contributed by atoms with Crippen LogP contribution in [0, 0.1) is 20.8 Å². The third-order valence-corrected chi connectivity index (χ3v) is 3.71. The number of nitrogen functional groups attached to an aromatic ring is 1. The number of hydrogen-bond acceptors (Lipinski definition) is 3. The molecule has 0 bridgehead atoms. The number of hydrogen-bond donors (Lipinski definition) is 1. The number of nitrogens with zero attached hydrogens (tertiary/aromatic N) is 1. The number of benzene rings is 2. The van der Waals surface area contributed by atoms with Crippen molar-refractivity contribution in [2.24, 2.45) is 0 Å². The highest BCUT2D eigenvalue weighted by Crippen LogP contribution is 2.37. The highest BCUT2D eigenvalue weighted by atomic mass is 16.5. The molecule has 0 unspecified atom stereocenters. The van der Waals surface area contributed by atoms with Crippen LogP contribution in [0.15, 0.2) is 47.0 Å². The van der Waals surface area contributed by atoms with E-state index in [1.807, 2.05) is 12.1 Å². The first kappa shape index (κ1) is 13.4. The zero-order valence-corrected chi connectivity index (χ0v) is 12.5. The van der Waals surface area contributed by atoms with E-state index in [0.717, 1.165) is 27.9 Å². The smallest absolute Gasteiger partial charge is 0.230 e. The second-order valence-corrected chi connectivity index (χ2v) is 5.45. The first-order valence-electron chi connectivity index (χ1n) is 6.96.